The fourth-order valence-electron chi connectivity index (χ4n) is 4.79. The van der Waals surface area contributed by atoms with Crippen LogP contribution in [0.2, 0.25) is 0 Å². The van der Waals surface area contributed by atoms with Crippen molar-refractivity contribution in [1.82, 2.24) is 14.9 Å². The lowest BCUT2D eigenvalue weighted by Crippen LogP contribution is -2.29. The minimum absolute atomic E-state index is 0.0112. The summed E-state index contributed by atoms with van der Waals surface area (Å²) in [6, 6.07) is 27.3. The molecule has 1 saturated heterocycles. The number of thiocarbonyl (C=S) groups is 1. The molecule has 0 spiro atoms. The molecule has 0 saturated carbocycles. The first-order valence-corrected chi connectivity index (χ1v) is 11.3. The third kappa shape index (κ3) is 3.49. The first-order chi connectivity index (χ1) is 15.5. The molecule has 2 atom stereocenters. The molecule has 1 N–H and O–H groups in total. The van der Waals surface area contributed by atoms with Crippen LogP contribution in [0.4, 0.5) is 5.69 Å². The van der Waals surface area contributed by atoms with E-state index in [9.17, 15) is 0 Å². The second-order valence-corrected chi connectivity index (χ2v) is 8.72. The Bertz CT molecular complexity index is 1260. The fourth-order valence-corrected chi connectivity index (χ4v) is 5.13. The zero-order valence-corrected chi connectivity index (χ0v) is 19.3. The molecule has 160 valence electrons. The van der Waals surface area contributed by atoms with Crippen molar-refractivity contribution in [3.05, 3.63) is 113 Å². The van der Waals surface area contributed by atoms with Crippen molar-refractivity contribution in [2.45, 2.75) is 32.9 Å². The van der Waals surface area contributed by atoms with Gasteiger partial charge in [0.25, 0.3) is 0 Å². The smallest absolute Gasteiger partial charge is 0.174 e. The fraction of sp³-hybridized carbons (Fsp3) is 0.185. The molecule has 0 radical (unpaired) electrons. The minimum Gasteiger partial charge on any atom is -0.351 e. The Kier molecular flexibility index (Phi) is 5.27. The van der Waals surface area contributed by atoms with Gasteiger partial charge in [0.2, 0.25) is 0 Å². The average Bonchev–Trinajstić information content (AvgIpc) is 3.30. The van der Waals surface area contributed by atoms with Gasteiger partial charge in [-0.05, 0) is 86.6 Å². The van der Waals surface area contributed by atoms with Crippen molar-refractivity contribution >= 4 is 23.0 Å². The summed E-state index contributed by atoms with van der Waals surface area (Å²) < 4.78 is 2.32. The van der Waals surface area contributed by atoms with Gasteiger partial charge in [0.15, 0.2) is 5.11 Å². The molecule has 2 aromatic carbocycles. The van der Waals surface area contributed by atoms with Gasteiger partial charge in [-0.3, -0.25) is 4.98 Å². The summed E-state index contributed by atoms with van der Waals surface area (Å²) >= 11 is 5.88. The van der Waals surface area contributed by atoms with Crippen molar-refractivity contribution < 1.29 is 0 Å². The molecule has 0 unspecified atom stereocenters. The summed E-state index contributed by atoms with van der Waals surface area (Å²) in [4.78, 5) is 6.93. The van der Waals surface area contributed by atoms with Crippen LogP contribution in [0.3, 0.4) is 0 Å². The summed E-state index contributed by atoms with van der Waals surface area (Å²) in [5.74, 6) is 0. The molecule has 5 heteroatoms. The number of anilines is 1. The van der Waals surface area contributed by atoms with Crippen molar-refractivity contribution in [3.8, 4) is 5.69 Å². The van der Waals surface area contributed by atoms with Gasteiger partial charge >= 0.3 is 0 Å². The molecule has 1 fully saturated rings. The Labute approximate surface area is 194 Å². The van der Waals surface area contributed by atoms with Crippen LogP contribution in [0.1, 0.15) is 40.3 Å². The maximum atomic E-state index is 5.88. The van der Waals surface area contributed by atoms with Crippen LogP contribution in [0.5, 0.6) is 0 Å². The normalized spacial score (nSPS) is 18.1. The maximum absolute atomic E-state index is 5.88. The SMILES string of the molecule is Cc1cccc(N2C(=S)N[C@H](c3ccccn3)[C@H]2c2cc(C)n(-c3ccccc3)c2C)c1. The lowest BCUT2D eigenvalue weighted by molar-refractivity contribution is 0.565. The number of benzene rings is 2. The largest absolute Gasteiger partial charge is 0.351 e. The summed E-state index contributed by atoms with van der Waals surface area (Å²) in [6.07, 6.45) is 1.85. The van der Waals surface area contributed by atoms with Gasteiger partial charge in [0, 0.05) is 29.0 Å². The van der Waals surface area contributed by atoms with E-state index in [0.717, 1.165) is 16.5 Å². The van der Waals surface area contributed by atoms with E-state index in [1.165, 1.54) is 28.2 Å². The highest BCUT2D eigenvalue weighted by Gasteiger charge is 2.42. The lowest BCUT2D eigenvalue weighted by Gasteiger charge is -2.28. The van der Waals surface area contributed by atoms with Crippen molar-refractivity contribution in [2.24, 2.45) is 0 Å². The van der Waals surface area contributed by atoms with E-state index in [2.05, 4.69) is 107 Å². The first kappa shape index (κ1) is 20.5. The van der Waals surface area contributed by atoms with Crippen LogP contribution in [-0.4, -0.2) is 14.7 Å². The molecular weight excluding hydrogens is 412 g/mol. The average molecular weight is 439 g/mol. The van der Waals surface area contributed by atoms with E-state index >= 15 is 0 Å². The van der Waals surface area contributed by atoms with Crippen LogP contribution in [0.25, 0.3) is 5.69 Å². The minimum atomic E-state index is -0.0473. The first-order valence-electron chi connectivity index (χ1n) is 10.9. The summed E-state index contributed by atoms with van der Waals surface area (Å²) in [6.45, 7) is 6.47. The van der Waals surface area contributed by atoms with Crippen LogP contribution in [-0.2, 0) is 0 Å². The number of hydrogen-bond acceptors (Lipinski definition) is 2. The zero-order chi connectivity index (χ0) is 22.2. The van der Waals surface area contributed by atoms with Crippen LogP contribution < -0.4 is 10.2 Å². The Morgan fingerprint density at radius 2 is 1.59 bits per heavy atom. The Balaban J connectivity index is 1.69. The Hall–Kier alpha value is -3.44. The second-order valence-electron chi connectivity index (χ2n) is 8.33. The number of rotatable bonds is 4. The molecule has 1 aliphatic rings. The van der Waals surface area contributed by atoms with E-state index in [1.807, 2.05) is 18.3 Å². The summed E-state index contributed by atoms with van der Waals surface area (Å²) in [5, 5.41) is 4.29. The maximum Gasteiger partial charge on any atom is 0.174 e. The highest BCUT2D eigenvalue weighted by atomic mass is 32.1. The number of hydrogen-bond donors (Lipinski definition) is 1. The molecule has 2 aromatic heterocycles. The molecule has 4 aromatic rings. The van der Waals surface area contributed by atoms with Crippen molar-refractivity contribution in [1.29, 1.82) is 0 Å². The Morgan fingerprint density at radius 1 is 0.844 bits per heavy atom. The van der Waals surface area contributed by atoms with E-state index in [0.29, 0.717) is 0 Å². The van der Waals surface area contributed by atoms with Gasteiger partial charge in [-0.1, -0.05) is 36.4 Å². The van der Waals surface area contributed by atoms with E-state index in [1.54, 1.807) is 0 Å². The lowest BCUT2D eigenvalue weighted by atomic mass is 9.96. The highest BCUT2D eigenvalue weighted by molar-refractivity contribution is 7.80. The standard InChI is InChI=1S/C27H26N4S/c1-18-10-9-13-22(16-18)31-26(25(29-27(31)32)24-14-7-8-15-28-24)23-17-19(2)30(20(23)3)21-11-5-4-6-12-21/h4-17,25-26H,1-3H3,(H,29,32)/t25-,26-/m1/s1. The van der Waals surface area contributed by atoms with Gasteiger partial charge in [0.05, 0.1) is 17.8 Å². The third-order valence-electron chi connectivity index (χ3n) is 6.18. The van der Waals surface area contributed by atoms with E-state index < -0.39 is 0 Å². The molecule has 0 amide bonds. The second kappa shape index (κ2) is 8.24. The highest BCUT2D eigenvalue weighted by Crippen LogP contribution is 2.43. The molecule has 3 heterocycles. The van der Waals surface area contributed by atoms with E-state index in [4.69, 9.17) is 12.2 Å². The summed E-state index contributed by atoms with van der Waals surface area (Å²) in [5.41, 5.74) is 8.11. The van der Waals surface area contributed by atoms with E-state index in [-0.39, 0.29) is 12.1 Å². The molecule has 4 nitrogen and oxygen atoms in total. The number of aromatic nitrogens is 2. The molecule has 1 aliphatic heterocycles. The summed E-state index contributed by atoms with van der Waals surface area (Å²) in [7, 11) is 0. The van der Waals surface area contributed by atoms with Crippen LogP contribution >= 0.6 is 12.2 Å². The molecule has 32 heavy (non-hydrogen) atoms. The van der Waals surface area contributed by atoms with Crippen molar-refractivity contribution in [3.63, 3.8) is 0 Å². The number of para-hydroxylation sites is 1. The predicted molar refractivity (Wildman–Crippen MR) is 134 cm³/mol. The molecule has 5 rings (SSSR count). The predicted octanol–water partition coefficient (Wildman–Crippen LogP) is 5.97. The molecule has 0 aliphatic carbocycles. The van der Waals surface area contributed by atoms with Crippen LogP contribution in [0.15, 0.2) is 85.1 Å². The van der Waals surface area contributed by atoms with Gasteiger partial charge in [0.1, 0.15) is 0 Å². The number of nitrogens with zero attached hydrogens (tertiary/aromatic N) is 3. The number of aryl methyl sites for hydroxylation is 2. The van der Waals surface area contributed by atoms with Crippen LogP contribution in [0, 0.1) is 20.8 Å². The van der Waals surface area contributed by atoms with Gasteiger partial charge in [-0.15, -0.1) is 0 Å². The van der Waals surface area contributed by atoms with Gasteiger partial charge < -0.3 is 14.8 Å². The van der Waals surface area contributed by atoms with Gasteiger partial charge in [-0.25, -0.2) is 0 Å². The monoisotopic (exact) mass is 438 g/mol. The number of nitrogens with one attached hydrogen (secondary N) is 1. The zero-order valence-electron chi connectivity index (χ0n) is 18.5. The molecular formula is C27H26N4S. The Morgan fingerprint density at radius 3 is 2.31 bits per heavy atom. The molecule has 0 bridgehead atoms. The van der Waals surface area contributed by atoms with Crippen molar-refractivity contribution in [2.75, 3.05) is 4.90 Å². The number of pyridine rings is 1. The third-order valence-corrected chi connectivity index (χ3v) is 6.50. The van der Waals surface area contributed by atoms with Gasteiger partial charge in [-0.2, -0.15) is 0 Å². The quantitative estimate of drug-likeness (QED) is 0.398. The topological polar surface area (TPSA) is 33.1 Å².